The number of piperidine rings is 1. The van der Waals surface area contributed by atoms with Crippen LogP contribution in [-0.4, -0.2) is 28.5 Å². The average molecular weight is 470 g/mol. The molecule has 1 amide bonds. The third-order valence-corrected chi connectivity index (χ3v) is 6.89. The Labute approximate surface area is 198 Å². The van der Waals surface area contributed by atoms with Crippen molar-refractivity contribution < 1.29 is 4.79 Å². The van der Waals surface area contributed by atoms with Crippen molar-refractivity contribution in [3.8, 4) is 6.07 Å². The molecule has 4 heterocycles. The highest BCUT2D eigenvalue weighted by atomic mass is 35.5. The smallest absolute Gasteiger partial charge is 0.238 e. The average Bonchev–Trinajstić information content (AvgIpc) is 3.23. The minimum atomic E-state index is -0.454. The summed E-state index contributed by atoms with van der Waals surface area (Å²) in [5.74, 6) is 0.170. The minimum absolute atomic E-state index is 0. The third kappa shape index (κ3) is 3.65. The first-order valence-corrected chi connectivity index (χ1v) is 11.1. The molecule has 5 rings (SSSR count). The van der Waals surface area contributed by atoms with E-state index >= 15 is 0 Å². The van der Waals surface area contributed by atoms with Crippen molar-refractivity contribution in [1.82, 2.24) is 14.9 Å². The van der Waals surface area contributed by atoms with Crippen LogP contribution in [0.25, 0.3) is 10.9 Å². The molecule has 2 aliphatic rings. The van der Waals surface area contributed by atoms with Crippen LogP contribution >= 0.6 is 24.0 Å². The molecule has 8 heteroatoms. The molecule has 0 radical (unpaired) electrons. The Morgan fingerprint density at radius 3 is 2.81 bits per heavy atom. The fraction of sp³-hybridized carbons (Fsp3) is 0.375. The number of nitrogens with one attached hydrogen (secondary N) is 1. The number of aryl methyl sites for hydroxylation is 1. The van der Waals surface area contributed by atoms with Crippen LogP contribution in [0.5, 0.6) is 0 Å². The van der Waals surface area contributed by atoms with Gasteiger partial charge in [-0.2, -0.15) is 5.26 Å². The molecule has 6 nitrogen and oxygen atoms in total. The van der Waals surface area contributed by atoms with E-state index in [2.05, 4.69) is 27.0 Å². The zero-order valence-electron chi connectivity index (χ0n) is 17.7. The lowest BCUT2D eigenvalue weighted by molar-refractivity contribution is -0.124. The van der Waals surface area contributed by atoms with Gasteiger partial charge in [-0.25, -0.2) is 0 Å². The van der Waals surface area contributed by atoms with E-state index in [-0.39, 0.29) is 18.3 Å². The number of fused-ring (bicyclic) bond motifs is 3. The normalized spacial score (nSPS) is 16.8. The van der Waals surface area contributed by atoms with E-state index in [1.165, 1.54) is 0 Å². The first kappa shape index (κ1) is 22.6. The van der Waals surface area contributed by atoms with Crippen LogP contribution in [0.15, 0.2) is 42.7 Å². The predicted molar refractivity (Wildman–Crippen MR) is 128 cm³/mol. The largest absolute Gasteiger partial charge is 0.343 e. The van der Waals surface area contributed by atoms with Gasteiger partial charge in [0.1, 0.15) is 0 Å². The minimum Gasteiger partial charge on any atom is -0.343 e. The third-order valence-electron chi connectivity index (χ3n) is 6.66. The lowest BCUT2D eigenvalue weighted by Gasteiger charge is -2.33. The van der Waals surface area contributed by atoms with Crippen LogP contribution in [0.4, 0.5) is 5.69 Å². The Morgan fingerprint density at radius 1 is 1.22 bits per heavy atom. The number of hydrogen-bond acceptors (Lipinski definition) is 4. The van der Waals surface area contributed by atoms with Crippen molar-refractivity contribution >= 4 is 46.5 Å². The van der Waals surface area contributed by atoms with Gasteiger partial charge in [-0.1, -0.05) is 11.6 Å². The number of benzene rings is 1. The van der Waals surface area contributed by atoms with Crippen molar-refractivity contribution in [1.29, 1.82) is 5.26 Å². The summed E-state index contributed by atoms with van der Waals surface area (Å²) in [6, 6.07) is 12.2. The molecule has 0 atom stereocenters. The number of hydrogen-bond donors (Lipinski definition) is 1. The number of nitrogens with zero attached hydrogens (tertiary/aromatic N) is 4. The SMILES string of the molecule is Cl.N#CCCCn1c(CN2C(=O)C3(CCNCC3)c3ccncc32)cc2cc(Cl)ccc21. The second-order valence-electron chi connectivity index (χ2n) is 8.37. The quantitative estimate of drug-likeness (QED) is 0.554. The number of halogens is 2. The molecule has 166 valence electrons. The molecule has 1 fully saturated rings. The molecular weight excluding hydrogens is 445 g/mol. The maximum absolute atomic E-state index is 13.8. The van der Waals surface area contributed by atoms with Crippen molar-refractivity contribution in [3.63, 3.8) is 0 Å². The van der Waals surface area contributed by atoms with E-state index in [1.807, 2.05) is 35.4 Å². The molecule has 2 aromatic heterocycles. The summed E-state index contributed by atoms with van der Waals surface area (Å²) >= 11 is 6.23. The van der Waals surface area contributed by atoms with E-state index in [0.29, 0.717) is 18.0 Å². The summed E-state index contributed by atoms with van der Waals surface area (Å²) in [7, 11) is 0. The zero-order chi connectivity index (χ0) is 21.4. The van der Waals surface area contributed by atoms with Gasteiger partial charge in [0.25, 0.3) is 0 Å². The monoisotopic (exact) mass is 469 g/mol. The lowest BCUT2D eigenvalue weighted by Crippen LogP contribution is -2.47. The fourth-order valence-corrected chi connectivity index (χ4v) is 5.34. The number of amides is 1. The molecule has 3 aromatic rings. The van der Waals surface area contributed by atoms with Gasteiger partial charge in [-0.15, -0.1) is 12.4 Å². The number of pyridine rings is 1. The molecule has 0 saturated carbocycles. The summed E-state index contributed by atoms with van der Waals surface area (Å²) in [5.41, 5.74) is 3.69. The summed E-state index contributed by atoms with van der Waals surface area (Å²) in [6.07, 6.45) is 6.49. The number of anilines is 1. The molecule has 0 bridgehead atoms. The Bertz CT molecular complexity index is 1190. The van der Waals surface area contributed by atoms with Gasteiger partial charge < -0.3 is 14.8 Å². The number of carbonyl (C=O) groups is 1. The molecule has 0 aliphatic carbocycles. The van der Waals surface area contributed by atoms with Gasteiger partial charge in [0.15, 0.2) is 0 Å². The summed E-state index contributed by atoms with van der Waals surface area (Å²) in [4.78, 5) is 20.0. The Hall–Kier alpha value is -2.59. The van der Waals surface area contributed by atoms with E-state index in [0.717, 1.165) is 66.7 Å². The van der Waals surface area contributed by atoms with Crippen molar-refractivity contribution in [3.05, 3.63) is 59.0 Å². The summed E-state index contributed by atoms with van der Waals surface area (Å²) in [6.45, 7) is 2.89. The molecular formula is C24H25Cl2N5O. The lowest BCUT2D eigenvalue weighted by atomic mass is 9.74. The van der Waals surface area contributed by atoms with Gasteiger partial charge in [0.2, 0.25) is 5.91 Å². The molecule has 1 aromatic carbocycles. The predicted octanol–water partition coefficient (Wildman–Crippen LogP) is 4.58. The molecule has 1 spiro atoms. The van der Waals surface area contributed by atoms with Gasteiger partial charge in [-0.05, 0) is 68.2 Å². The molecule has 1 saturated heterocycles. The number of nitriles is 1. The fourth-order valence-electron chi connectivity index (χ4n) is 5.15. The maximum Gasteiger partial charge on any atom is 0.238 e. The van der Waals surface area contributed by atoms with Crippen LogP contribution in [0.3, 0.4) is 0 Å². The Kier molecular flexibility index (Phi) is 6.43. The number of carbonyl (C=O) groups excluding carboxylic acids is 1. The van der Waals surface area contributed by atoms with Gasteiger partial charge in [0, 0.05) is 40.8 Å². The van der Waals surface area contributed by atoms with Crippen LogP contribution < -0.4 is 10.2 Å². The Balaban J connectivity index is 0.00000245. The van der Waals surface area contributed by atoms with Gasteiger partial charge >= 0.3 is 0 Å². The van der Waals surface area contributed by atoms with E-state index in [4.69, 9.17) is 16.9 Å². The molecule has 2 aliphatic heterocycles. The van der Waals surface area contributed by atoms with Crippen molar-refractivity contribution in [2.24, 2.45) is 0 Å². The van der Waals surface area contributed by atoms with E-state index in [1.54, 1.807) is 6.20 Å². The zero-order valence-corrected chi connectivity index (χ0v) is 19.3. The van der Waals surface area contributed by atoms with Gasteiger partial charge in [-0.3, -0.25) is 9.78 Å². The highest BCUT2D eigenvalue weighted by Crippen LogP contribution is 2.47. The number of unbranched alkanes of at least 4 members (excludes halogenated alkanes) is 1. The highest BCUT2D eigenvalue weighted by Gasteiger charge is 2.51. The standard InChI is InChI=1S/C24H24ClN5O.ClH/c25-18-3-4-21-17(13-18)14-19(29(21)12-2-1-8-26)16-30-22-15-28-9-5-20(22)24(23(30)31)6-10-27-11-7-24;/h3-5,9,13-15,27H,1-2,6-7,10-12,16H2;1H. The van der Waals surface area contributed by atoms with E-state index < -0.39 is 5.41 Å². The topological polar surface area (TPSA) is 74.0 Å². The first-order chi connectivity index (χ1) is 15.1. The van der Waals surface area contributed by atoms with Gasteiger partial charge in [0.05, 0.1) is 29.9 Å². The van der Waals surface area contributed by atoms with Crippen molar-refractivity contribution in [2.45, 2.75) is 44.2 Å². The second-order valence-corrected chi connectivity index (χ2v) is 8.80. The van der Waals surface area contributed by atoms with Crippen LogP contribution in [-0.2, 0) is 23.3 Å². The second kappa shape index (κ2) is 9.11. The molecule has 32 heavy (non-hydrogen) atoms. The number of rotatable bonds is 5. The van der Waals surface area contributed by atoms with Crippen LogP contribution in [0, 0.1) is 11.3 Å². The Morgan fingerprint density at radius 2 is 2.03 bits per heavy atom. The summed E-state index contributed by atoms with van der Waals surface area (Å²) in [5, 5.41) is 14.1. The van der Waals surface area contributed by atoms with Crippen LogP contribution in [0.1, 0.15) is 36.9 Å². The maximum atomic E-state index is 13.8. The number of aromatic nitrogens is 2. The molecule has 1 N–H and O–H groups in total. The molecule has 0 unspecified atom stereocenters. The summed E-state index contributed by atoms with van der Waals surface area (Å²) < 4.78 is 2.22. The van der Waals surface area contributed by atoms with Crippen molar-refractivity contribution in [2.75, 3.05) is 18.0 Å². The highest BCUT2D eigenvalue weighted by molar-refractivity contribution is 6.31. The first-order valence-electron chi connectivity index (χ1n) is 10.8. The van der Waals surface area contributed by atoms with Crippen LogP contribution in [0.2, 0.25) is 5.02 Å². The van der Waals surface area contributed by atoms with E-state index in [9.17, 15) is 4.79 Å².